The third-order valence-corrected chi connectivity index (χ3v) is 4.31. The Kier molecular flexibility index (Phi) is 8.25. The lowest BCUT2D eigenvalue weighted by molar-refractivity contribution is -0.118. The lowest BCUT2D eigenvalue weighted by atomic mass is 10.1. The Balaban J connectivity index is 0.00000361. The van der Waals surface area contributed by atoms with Crippen LogP contribution in [0.4, 0.5) is 5.69 Å². The van der Waals surface area contributed by atoms with Gasteiger partial charge >= 0.3 is 0 Å². The highest BCUT2D eigenvalue weighted by molar-refractivity contribution is 7.92. The minimum absolute atomic E-state index is 0. The predicted molar refractivity (Wildman–Crippen MR) is 83.8 cm³/mol. The average molecular weight is 321 g/mol. The summed E-state index contributed by atoms with van der Waals surface area (Å²) in [4.78, 5) is 11.5. The molecule has 0 radical (unpaired) electrons. The molecule has 0 saturated carbocycles. The number of nitrogens with one attached hydrogen (secondary N) is 1. The number of anilines is 1. The van der Waals surface area contributed by atoms with Gasteiger partial charge in [-0.3, -0.25) is 4.79 Å². The summed E-state index contributed by atoms with van der Waals surface area (Å²) in [6.07, 6.45) is 1.18. The summed E-state index contributed by atoms with van der Waals surface area (Å²) in [7, 11) is -3.26. The minimum atomic E-state index is -3.26. The molecule has 0 aliphatic carbocycles. The smallest absolute Gasteiger partial charge is 0.235 e. The molecule has 1 rings (SSSR count). The Hall–Kier alpha value is -1.27. The Morgan fingerprint density at radius 1 is 1.25 bits per heavy atom. The molecule has 0 bridgehead atoms. The van der Waals surface area contributed by atoms with Gasteiger partial charge < -0.3 is 11.1 Å². The van der Waals surface area contributed by atoms with E-state index in [0.29, 0.717) is 25.1 Å². The molecule has 0 saturated heterocycles. The van der Waals surface area contributed by atoms with Gasteiger partial charge in [0.05, 0.1) is 5.75 Å². The summed E-state index contributed by atoms with van der Waals surface area (Å²) in [5, 5.41) is 2.61. The number of carbonyl (C=O) groups excluding carboxylic acids is 1. The molecule has 1 aromatic carbocycles. The van der Waals surface area contributed by atoms with E-state index in [4.69, 9.17) is 5.73 Å². The highest BCUT2D eigenvalue weighted by Crippen LogP contribution is 2.05. The van der Waals surface area contributed by atoms with Crippen molar-refractivity contribution < 1.29 is 13.2 Å². The summed E-state index contributed by atoms with van der Waals surface area (Å²) in [6.45, 7) is 2.20. The number of sulfone groups is 1. The van der Waals surface area contributed by atoms with Gasteiger partial charge in [-0.05, 0) is 30.5 Å². The number of hydrogen-bond acceptors (Lipinski definition) is 4. The molecule has 20 heavy (non-hydrogen) atoms. The summed E-state index contributed by atoms with van der Waals surface area (Å²) in [5.41, 5.74) is 7.31. The van der Waals surface area contributed by atoms with Crippen molar-refractivity contribution in [3.8, 4) is 0 Å². The fraction of sp³-hybridized carbons (Fsp3) is 0.462. The van der Waals surface area contributed by atoms with Gasteiger partial charge in [0, 0.05) is 12.2 Å². The highest BCUT2D eigenvalue weighted by Gasteiger charge is 2.14. The van der Waals surface area contributed by atoms with Gasteiger partial charge in [-0.2, -0.15) is 0 Å². The van der Waals surface area contributed by atoms with Crippen LogP contribution in [0.1, 0.15) is 18.9 Å². The van der Waals surface area contributed by atoms with Gasteiger partial charge in [0.25, 0.3) is 0 Å². The Labute approximate surface area is 126 Å². The standard InChI is InChI=1S/C13H20N2O3S.ClH/c1-2-9-19(17,18)10-13(16)15-8-7-11-3-5-12(14)6-4-11;/h3-6H,2,7-10,14H2,1H3,(H,15,16);1H. The van der Waals surface area contributed by atoms with Crippen LogP contribution in [0.15, 0.2) is 24.3 Å². The molecule has 0 heterocycles. The molecule has 5 nitrogen and oxygen atoms in total. The van der Waals surface area contributed by atoms with Crippen LogP contribution in [0.25, 0.3) is 0 Å². The number of rotatable bonds is 7. The molecule has 1 amide bonds. The van der Waals surface area contributed by atoms with Crippen molar-refractivity contribution in [3.05, 3.63) is 29.8 Å². The number of halogens is 1. The zero-order chi connectivity index (χ0) is 14.3. The fourth-order valence-corrected chi connectivity index (χ4v) is 2.93. The summed E-state index contributed by atoms with van der Waals surface area (Å²) < 4.78 is 22.9. The van der Waals surface area contributed by atoms with Crippen LogP contribution in [0.3, 0.4) is 0 Å². The van der Waals surface area contributed by atoms with E-state index in [2.05, 4.69) is 5.32 Å². The van der Waals surface area contributed by atoms with Crippen molar-refractivity contribution in [1.29, 1.82) is 0 Å². The van der Waals surface area contributed by atoms with Crippen molar-refractivity contribution in [2.24, 2.45) is 0 Å². The zero-order valence-corrected chi connectivity index (χ0v) is 13.1. The Morgan fingerprint density at radius 2 is 1.85 bits per heavy atom. The van der Waals surface area contributed by atoms with Crippen molar-refractivity contribution in [3.63, 3.8) is 0 Å². The molecular weight excluding hydrogens is 300 g/mol. The zero-order valence-electron chi connectivity index (χ0n) is 11.5. The van der Waals surface area contributed by atoms with Crippen molar-refractivity contribution in [1.82, 2.24) is 5.32 Å². The molecule has 0 spiro atoms. The lowest BCUT2D eigenvalue weighted by Gasteiger charge is -2.06. The molecule has 0 unspecified atom stereocenters. The maximum absolute atomic E-state index is 11.5. The number of nitrogen functional groups attached to an aromatic ring is 1. The van der Waals surface area contributed by atoms with E-state index in [1.165, 1.54) is 0 Å². The van der Waals surface area contributed by atoms with Crippen LogP contribution in [0.2, 0.25) is 0 Å². The molecule has 0 aromatic heterocycles. The second-order valence-corrected chi connectivity index (χ2v) is 6.62. The van der Waals surface area contributed by atoms with Crippen LogP contribution in [0.5, 0.6) is 0 Å². The molecule has 0 fully saturated rings. The van der Waals surface area contributed by atoms with E-state index in [-0.39, 0.29) is 18.2 Å². The SMILES string of the molecule is CCCS(=O)(=O)CC(=O)NCCc1ccc(N)cc1.Cl. The van der Waals surface area contributed by atoms with E-state index < -0.39 is 21.5 Å². The lowest BCUT2D eigenvalue weighted by Crippen LogP contribution is -2.32. The minimum Gasteiger partial charge on any atom is -0.399 e. The first-order chi connectivity index (χ1) is 8.93. The Bertz CT molecular complexity index is 515. The summed E-state index contributed by atoms with van der Waals surface area (Å²) >= 11 is 0. The number of nitrogens with two attached hydrogens (primary N) is 1. The van der Waals surface area contributed by atoms with E-state index >= 15 is 0 Å². The quantitative estimate of drug-likeness (QED) is 0.738. The van der Waals surface area contributed by atoms with Crippen LogP contribution >= 0.6 is 12.4 Å². The third-order valence-electron chi connectivity index (χ3n) is 2.58. The molecule has 114 valence electrons. The second-order valence-electron chi connectivity index (χ2n) is 4.43. The number of benzene rings is 1. The number of amides is 1. The van der Waals surface area contributed by atoms with Crippen LogP contribution in [-0.2, 0) is 21.1 Å². The second kappa shape index (κ2) is 8.81. The maximum atomic E-state index is 11.5. The van der Waals surface area contributed by atoms with Crippen LogP contribution in [-0.4, -0.2) is 32.4 Å². The third kappa shape index (κ3) is 7.35. The average Bonchev–Trinajstić information content (AvgIpc) is 2.30. The monoisotopic (exact) mass is 320 g/mol. The molecule has 0 aliphatic rings. The van der Waals surface area contributed by atoms with Crippen molar-refractivity contribution in [2.45, 2.75) is 19.8 Å². The number of hydrogen-bond donors (Lipinski definition) is 2. The van der Waals surface area contributed by atoms with Crippen molar-refractivity contribution >= 4 is 33.8 Å². The van der Waals surface area contributed by atoms with Gasteiger partial charge in [-0.25, -0.2) is 8.42 Å². The van der Waals surface area contributed by atoms with Gasteiger partial charge in [0.1, 0.15) is 5.75 Å². The Morgan fingerprint density at radius 3 is 2.40 bits per heavy atom. The van der Waals surface area contributed by atoms with E-state index in [1.807, 2.05) is 12.1 Å². The summed E-state index contributed by atoms with van der Waals surface area (Å²) in [5.74, 6) is -0.815. The fourth-order valence-electron chi connectivity index (χ4n) is 1.66. The summed E-state index contributed by atoms with van der Waals surface area (Å²) in [6, 6.07) is 7.36. The van der Waals surface area contributed by atoms with E-state index in [9.17, 15) is 13.2 Å². The number of carbonyl (C=O) groups is 1. The highest BCUT2D eigenvalue weighted by atomic mass is 35.5. The van der Waals surface area contributed by atoms with Gasteiger partial charge in [0.2, 0.25) is 5.91 Å². The topological polar surface area (TPSA) is 89.3 Å². The largest absolute Gasteiger partial charge is 0.399 e. The molecule has 3 N–H and O–H groups in total. The molecule has 0 atom stereocenters. The molecule has 1 aromatic rings. The van der Waals surface area contributed by atoms with Crippen molar-refractivity contribution in [2.75, 3.05) is 23.8 Å². The van der Waals surface area contributed by atoms with E-state index in [1.54, 1.807) is 19.1 Å². The first-order valence-corrected chi connectivity index (χ1v) is 8.06. The molecule has 0 aliphatic heterocycles. The van der Waals surface area contributed by atoms with Crippen LogP contribution < -0.4 is 11.1 Å². The van der Waals surface area contributed by atoms with E-state index in [0.717, 1.165) is 5.56 Å². The molecular formula is C13H21ClN2O3S. The van der Waals surface area contributed by atoms with Gasteiger partial charge in [-0.15, -0.1) is 12.4 Å². The molecule has 7 heteroatoms. The van der Waals surface area contributed by atoms with Gasteiger partial charge in [-0.1, -0.05) is 19.1 Å². The normalized spacial score (nSPS) is 10.7. The first kappa shape index (κ1) is 18.7. The van der Waals surface area contributed by atoms with Crippen LogP contribution in [0, 0.1) is 0 Å². The first-order valence-electron chi connectivity index (χ1n) is 6.24. The maximum Gasteiger partial charge on any atom is 0.235 e. The predicted octanol–water partition coefficient (Wildman–Crippen LogP) is 1.17. The van der Waals surface area contributed by atoms with Gasteiger partial charge in [0.15, 0.2) is 9.84 Å².